The third-order valence-electron chi connectivity index (χ3n) is 4.51. The summed E-state index contributed by atoms with van der Waals surface area (Å²) in [4.78, 5) is 12.6. The maximum Gasteiger partial charge on any atom is 0.270 e. The van der Waals surface area contributed by atoms with Crippen molar-refractivity contribution in [2.45, 2.75) is 38.0 Å². The second kappa shape index (κ2) is 7.02. The number of phenols is 1. The van der Waals surface area contributed by atoms with E-state index in [2.05, 4.69) is 4.90 Å². The fourth-order valence-electron chi connectivity index (χ4n) is 3.26. The van der Waals surface area contributed by atoms with E-state index in [1.165, 1.54) is 24.5 Å². The van der Waals surface area contributed by atoms with Gasteiger partial charge in [0.25, 0.3) is 5.69 Å². The molecule has 0 amide bonds. The van der Waals surface area contributed by atoms with Crippen LogP contribution in [0.5, 0.6) is 5.75 Å². The molecule has 0 aliphatic carbocycles. The number of likely N-dealkylation sites (tertiary alicyclic amines) is 1. The van der Waals surface area contributed by atoms with E-state index in [0.717, 1.165) is 19.4 Å². The van der Waals surface area contributed by atoms with Gasteiger partial charge in [-0.05, 0) is 44.0 Å². The van der Waals surface area contributed by atoms with Gasteiger partial charge in [-0.1, -0.05) is 0 Å². The molecule has 7 heteroatoms. The number of nitro groups is 1. The van der Waals surface area contributed by atoms with Gasteiger partial charge in [0, 0.05) is 30.3 Å². The first-order chi connectivity index (χ1) is 11.5. The van der Waals surface area contributed by atoms with E-state index in [1.54, 1.807) is 12.1 Å². The molecule has 1 fully saturated rings. The molecule has 3 rings (SSSR count). The van der Waals surface area contributed by atoms with Crippen molar-refractivity contribution in [2.24, 2.45) is 0 Å². The molecule has 2 heterocycles. The van der Waals surface area contributed by atoms with Gasteiger partial charge >= 0.3 is 0 Å². The van der Waals surface area contributed by atoms with Crippen LogP contribution in [0, 0.1) is 10.1 Å². The zero-order valence-electron chi connectivity index (χ0n) is 13.2. The number of aromatic hydroxyl groups is 1. The molecule has 0 radical (unpaired) electrons. The van der Waals surface area contributed by atoms with Crippen LogP contribution in [0.25, 0.3) is 0 Å². The molecular formula is C17H20N2O5. The topological polar surface area (TPSA) is 100.0 Å². The van der Waals surface area contributed by atoms with Crippen molar-refractivity contribution >= 4 is 5.69 Å². The fraction of sp³-hybridized carbons (Fsp3) is 0.412. The first kappa shape index (κ1) is 16.5. The molecule has 128 valence electrons. The van der Waals surface area contributed by atoms with Gasteiger partial charge in [0.2, 0.25) is 0 Å². The molecule has 0 bridgehead atoms. The van der Waals surface area contributed by atoms with Gasteiger partial charge < -0.3 is 14.6 Å². The predicted octanol–water partition coefficient (Wildman–Crippen LogP) is 2.98. The SMILES string of the molecule is O=[N+]([O-])c1ccc(O)c(CN2CCCC2CC(O)c2ccco2)c1. The monoisotopic (exact) mass is 332 g/mol. The lowest BCUT2D eigenvalue weighted by atomic mass is 10.0. The van der Waals surface area contributed by atoms with E-state index in [0.29, 0.717) is 24.3 Å². The number of aliphatic hydroxyl groups excluding tert-OH is 1. The summed E-state index contributed by atoms with van der Waals surface area (Å²) in [6.45, 7) is 1.25. The molecule has 1 saturated heterocycles. The van der Waals surface area contributed by atoms with Crippen LogP contribution in [0.1, 0.15) is 36.7 Å². The Morgan fingerprint density at radius 1 is 1.42 bits per heavy atom. The molecule has 2 N–H and O–H groups in total. The Morgan fingerprint density at radius 3 is 2.96 bits per heavy atom. The fourth-order valence-corrected chi connectivity index (χ4v) is 3.26. The van der Waals surface area contributed by atoms with E-state index in [-0.39, 0.29) is 17.5 Å². The summed E-state index contributed by atoms with van der Waals surface area (Å²) in [7, 11) is 0. The molecule has 0 spiro atoms. The zero-order valence-corrected chi connectivity index (χ0v) is 13.2. The summed E-state index contributed by atoms with van der Waals surface area (Å²) in [5.41, 5.74) is 0.498. The minimum Gasteiger partial charge on any atom is -0.508 e. The highest BCUT2D eigenvalue weighted by Gasteiger charge is 2.28. The highest BCUT2D eigenvalue weighted by molar-refractivity contribution is 5.43. The molecule has 1 aliphatic rings. The summed E-state index contributed by atoms with van der Waals surface area (Å²) in [5.74, 6) is 0.595. The van der Waals surface area contributed by atoms with Crippen molar-refractivity contribution in [3.8, 4) is 5.75 Å². The summed E-state index contributed by atoms with van der Waals surface area (Å²) in [5, 5.41) is 31.2. The molecule has 0 saturated carbocycles. The van der Waals surface area contributed by atoms with Gasteiger partial charge in [-0.2, -0.15) is 0 Å². The van der Waals surface area contributed by atoms with E-state index in [9.17, 15) is 20.3 Å². The number of hydrogen-bond donors (Lipinski definition) is 2. The van der Waals surface area contributed by atoms with Gasteiger partial charge in [-0.15, -0.1) is 0 Å². The number of nitrogens with zero attached hydrogens (tertiary/aromatic N) is 2. The average molecular weight is 332 g/mol. The number of aliphatic hydroxyl groups is 1. The Balaban J connectivity index is 1.70. The number of phenolic OH excluding ortho intramolecular Hbond substituents is 1. The summed E-state index contributed by atoms with van der Waals surface area (Å²) >= 11 is 0. The third-order valence-corrected chi connectivity index (χ3v) is 4.51. The normalized spacial score (nSPS) is 19.5. The first-order valence-corrected chi connectivity index (χ1v) is 7.96. The van der Waals surface area contributed by atoms with Gasteiger partial charge in [0.05, 0.1) is 11.2 Å². The maximum absolute atomic E-state index is 10.9. The van der Waals surface area contributed by atoms with E-state index in [1.807, 2.05) is 0 Å². The Labute approximate surface area is 139 Å². The average Bonchev–Trinajstić information content (AvgIpc) is 3.21. The van der Waals surface area contributed by atoms with Crippen molar-refractivity contribution in [2.75, 3.05) is 6.54 Å². The minimum atomic E-state index is -0.677. The molecule has 2 unspecified atom stereocenters. The Hall–Kier alpha value is -2.38. The van der Waals surface area contributed by atoms with Crippen molar-refractivity contribution in [3.63, 3.8) is 0 Å². The number of hydrogen-bond acceptors (Lipinski definition) is 6. The molecule has 2 aromatic rings. The molecular weight excluding hydrogens is 312 g/mol. The number of rotatable bonds is 6. The summed E-state index contributed by atoms with van der Waals surface area (Å²) in [6, 6.07) is 7.69. The number of non-ortho nitro benzene ring substituents is 1. The van der Waals surface area contributed by atoms with E-state index >= 15 is 0 Å². The quantitative estimate of drug-likeness (QED) is 0.623. The highest BCUT2D eigenvalue weighted by atomic mass is 16.6. The second-order valence-electron chi connectivity index (χ2n) is 6.10. The third kappa shape index (κ3) is 3.58. The van der Waals surface area contributed by atoms with Crippen LogP contribution < -0.4 is 0 Å². The lowest BCUT2D eigenvalue weighted by Gasteiger charge is -2.26. The molecule has 24 heavy (non-hydrogen) atoms. The van der Waals surface area contributed by atoms with Crippen molar-refractivity contribution in [1.82, 2.24) is 4.90 Å². The van der Waals surface area contributed by atoms with Crippen LogP contribution in [0.3, 0.4) is 0 Å². The molecule has 2 atom stereocenters. The smallest absolute Gasteiger partial charge is 0.270 e. The lowest BCUT2D eigenvalue weighted by Crippen LogP contribution is -2.30. The van der Waals surface area contributed by atoms with Crippen molar-refractivity contribution < 1.29 is 19.6 Å². The van der Waals surface area contributed by atoms with Gasteiger partial charge in [0.1, 0.15) is 17.6 Å². The van der Waals surface area contributed by atoms with Crippen LogP contribution in [-0.4, -0.2) is 32.6 Å². The molecule has 1 aromatic heterocycles. The van der Waals surface area contributed by atoms with E-state index in [4.69, 9.17) is 4.42 Å². The van der Waals surface area contributed by atoms with Crippen molar-refractivity contribution in [1.29, 1.82) is 0 Å². The maximum atomic E-state index is 10.9. The first-order valence-electron chi connectivity index (χ1n) is 7.96. The van der Waals surface area contributed by atoms with Crippen LogP contribution >= 0.6 is 0 Å². The van der Waals surface area contributed by atoms with Crippen LogP contribution in [-0.2, 0) is 6.54 Å². The summed E-state index contributed by atoms with van der Waals surface area (Å²) in [6.07, 6.45) is 3.32. The Morgan fingerprint density at radius 2 is 2.25 bits per heavy atom. The largest absolute Gasteiger partial charge is 0.508 e. The minimum absolute atomic E-state index is 0.0332. The molecule has 1 aliphatic heterocycles. The standard InChI is InChI=1S/C17H20N2O5/c20-15-6-5-14(19(22)23)9-12(15)11-18-7-1-3-13(18)10-16(21)17-4-2-8-24-17/h2,4-6,8-9,13,16,20-21H,1,3,7,10-11H2. The van der Waals surface area contributed by atoms with Gasteiger partial charge in [-0.3, -0.25) is 15.0 Å². The van der Waals surface area contributed by atoms with Crippen molar-refractivity contribution in [3.05, 3.63) is 58.0 Å². The van der Waals surface area contributed by atoms with Gasteiger partial charge in [-0.25, -0.2) is 0 Å². The van der Waals surface area contributed by atoms with Crippen LogP contribution in [0.2, 0.25) is 0 Å². The highest BCUT2D eigenvalue weighted by Crippen LogP contribution is 2.31. The lowest BCUT2D eigenvalue weighted by molar-refractivity contribution is -0.385. The van der Waals surface area contributed by atoms with Gasteiger partial charge in [0.15, 0.2) is 0 Å². The molecule has 7 nitrogen and oxygen atoms in total. The second-order valence-corrected chi connectivity index (χ2v) is 6.10. The Bertz CT molecular complexity index is 701. The number of nitro benzene ring substituents is 1. The zero-order chi connectivity index (χ0) is 17.1. The number of benzene rings is 1. The Kier molecular flexibility index (Phi) is 4.82. The molecule has 1 aromatic carbocycles. The van der Waals surface area contributed by atoms with Crippen LogP contribution in [0.15, 0.2) is 41.0 Å². The van der Waals surface area contributed by atoms with E-state index < -0.39 is 11.0 Å². The summed E-state index contributed by atoms with van der Waals surface area (Å²) < 4.78 is 5.24. The van der Waals surface area contributed by atoms with Crippen LogP contribution in [0.4, 0.5) is 5.69 Å². The predicted molar refractivity (Wildman–Crippen MR) is 86.5 cm³/mol. The number of furan rings is 1.